The molecule has 0 amide bonds. The summed E-state index contributed by atoms with van der Waals surface area (Å²) < 4.78 is 16.3. The second-order valence-electron chi connectivity index (χ2n) is 6.12. The van der Waals surface area contributed by atoms with Crippen molar-refractivity contribution >= 4 is 41.3 Å². The van der Waals surface area contributed by atoms with Crippen LogP contribution in [0.25, 0.3) is 0 Å². The highest BCUT2D eigenvalue weighted by Gasteiger charge is 2.13. The van der Waals surface area contributed by atoms with E-state index in [1.165, 1.54) is 4.88 Å². The predicted molar refractivity (Wildman–Crippen MR) is 130 cm³/mol. The lowest BCUT2D eigenvalue weighted by Gasteiger charge is -2.16. The van der Waals surface area contributed by atoms with Gasteiger partial charge in [0.1, 0.15) is 17.2 Å². The van der Waals surface area contributed by atoms with Crippen molar-refractivity contribution in [1.29, 1.82) is 0 Å². The van der Waals surface area contributed by atoms with Crippen molar-refractivity contribution in [1.82, 2.24) is 15.6 Å². The van der Waals surface area contributed by atoms with E-state index in [1.54, 1.807) is 32.7 Å². The van der Waals surface area contributed by atoms with Gasteiger partial charge in [0, 0.05) is 35.7 Å². The third kappa shape index (κ3) is 7.22. The van der Waals surface area contributed by atoms with Crippen LogP contribution in [0.5, 0.6) is 17.2 Å². The molecule has 2 aromatic rings. The van der Waals surface area contributed by atoms with Crippen molar-refractivity contribution in [2.24, 2.45) is 4.99 Å². The highest BCUT2D eigenvalue weighted by Crippen LogP contribution is 2.34. The number of rotatable bonds is 9. The number of nitrogens with zero attached hydrogens (tertiary/aromatic N) is 2. The average molecular weight is 534 g/mol. The lowest BCUT2D eigenvalue weighted by atomic mass is 10.1. The van der Waals surface area contributed by atoms with Crippen molar-refractivity contribution in [3.63, 3.8) is 0 Å². The molecule has 2 N–H and O–H groups in total. The fourth-order valence-electron chi connectivity index (χ4n) is 2.84. The Morgan fingerprint density at radius 2 is 1.72 bits per heavy atom. The molecule has 0 atom stereocenters. The molecule has 0 saturated carbocycles. The Balaban J connectivity index is 0.00000420. The van der Waals surface area contributed by atoms with E-state index >= 15 is 0 Å². The van der Waals surface area contributed by atoms with Crippen LogP contribution in [0.4, 0.5) is 0 Å². The highest BCUT2D eigenvalue weighted by atomic mass is 127. The molecule has 0 fully saturated rings. The molecule has 1 aromatic heterocycles. The molecule has 0 aliphatic rings. The molecule has 0 aliphatic carbocycles. The summed E-state index contributed by atoms with van der Waals surface area (Å²) in [7, 11) is 4.92. The number of guanidine groups is 1. The van der Waals surface area contributed by atoms with Gasteiger partial charge in [0.05, 0.1) is 38.6 Å². The maximum Gasteiger partial charge on any atom is 0.191 e. The van der Waals surface area contributed by atoms with Gasteiger partial charge in [0.25, 0.3) is 0 Å². The van der Waals surface area contributed by atoms with Crippen LogP contribution < -0.4 is 24.8 Å². The Kier molecular flexibility index (Phi) is 11.1. The number of benzene rings is 1. The molecule has 9 heteroatoms. The first-order chi connectivity index (χ1) is 13.5. The zero-order chi connectivity index (χ0) is 20.5. The van der Waals surface area contributed by atoms with Gasteiger partial charge < -0.3 is 24.8 Å². The summed E-state index contributed by atoms with van der Waals surface area (Å²) in [4.78, 5) is 10.3. The van der Waals surface area contributed by atoms with Crippen molar-refractivity contribution in [2.45, 2.75) is 33.7 Å². The third-order valence-corrected chi connectivity index (χ3v) is 5.27. The first kappa shape index (κ1) is 25.3. The van der Waals surface area contributed by atoms with Gasteiger partial charge in [-0.2, -0.15) is 0 Å². The van der Waals surface area contributed by atoms with E-state index in [4.69, 9.17) is 14.2 Å². The fourth-order valence-corrected chi connectivity index (χ4v) is 3.70. The van der Waals surface area contributed by atoms with Crippen molar-refractivity contribution < 1.29 is 14.2 Å². The van der Waals surface area contributed by atoms with Crippen LogP contribution in [0.2, 0.25) is 0 Å². The normalized spacial score (nSPS) is 10.9. The molecular weight excluding hydrogens is 503 g/mol. The van der Waals surface area contributed by atoms with Gasteiger partial charge in [0.15, 0.2) is 5.96 Å². The van der Waals surface area contributed by atoms with Gasteiger partial charge in [-0.3, -0.25) is 0 Å². The van der Waals surface area contributed by atoms with Crippen LogP contribution >= 0.6 is 35.3 Å². The molecule has 29 heavy (non-hydrogen) atoms. The SMILES string of the molecule is CCNC(=NCc1sc(C)nc1C)NCCc1c(OC)cc(OC)cc1OC.I. The number of nitrogens with one attached hydrogen (secondary N) is 2. The monoisotopic (exact) mass is 534 g/mol. The Labute approximate surface area is 194 Å². The van der Waals surface area contributed by atoms with E-state index in [-0.39, 0.29) is 24.0 Å². The minimum absolute atomic E-state index is 0. The Hall–Kier alpha value is -1.75. The lowest BCUT2D eigenvalue weighted by molar-refractivity contribution is 0.368. The first-order valence-corrected chi connectivity index (χ1v) is 10.1. The van der Waals surface area contributed by atoms with E-state index in [2.05, 4.69) is 27.5 Å². The maximum absolute atomic E-state index is 5.52. The molecule has 0 spiro atoms. The Bertz CT molecular complexity index is 786. The molecule has 0 radical (unpaired) electrons. The van der Waals surface area contributed by atoms with Crippen LogP contribution in [0.3, 0.4) is 0 Å². The van der Waals surface area contributed by atoms with E-state index in [0.717, 1.165) is 46.7 Å². The van der Waals surface area contributed by atoms with Gasteiger partial charge in [-0.25, -0.2) is 9.98 Å². The second-order valence-corrected chi connectivity index (χ2v) is 7.41. The highest BCUT2D eigenvalue weighted by molar-refractivity contribution is 14.0. The fraction of sp³-hybridized carbons (Fsp3) is 0.500. The third-order valence-electron chi connectivity index (χ3n) is 4.21. The number of halogens is 1. The van der Waals surface area contributed by atoms with Gasteiger partial charge in [-0.1, -0.05) is 0 Å². The summed E-state index contributed by atoms with van der Waals surface area (Å²) in [5, 5.41) is 7.73. The van der Waals surface area contributed by atoms with E-state index in [0.29, 0.717) is 18.8 Å². The zero-order valence-electron chi connectivity index (χ0n) is 17.9. The number of ether oxygens (including phenoxy) is 3. The maximum atomic E-state index is 5.52. The second kappa shape index (κ2) is 12.7. The molecule has 2 rings (SSSR count). The minimum Gasteiger partial charge on any atom is -0.496 e. The number of aliphatic imine (C=N–C) groups is 1. The van der Waals surface area contributed by atoms with Crippen molar-refractivity contribution in [3.8, 4) is 17.2 Å². The van der Waals surface area contributed by atoms with Crippen LogP contribution in [-0.2, 0) is 13.0 Å². The van der Waals surface area contributed by atoms with Gasteiger partial charge in [-0.15, -0.1) is 35.3 Å². The zero-order valence-corrected chi connectivity index (χ0v) is 21.1. The van der Waals surface area contributed by atoms with Crippen LogP contribution in [0.1, 0.15) is 28.1 Å². The number of methoxy groups -OCH3 is 3. The van der Waals surface area contributed by atoms with E-state index in [1.807, 2.05) is 26.0 Å². The smallest absolute Gasteiger partial charge is 0.191 e. The van der Waals surface area contributed by atoms with Crippen LogP contribution in [0.15, 0.2) is 17.1 Å². The molecule has 162 valence electrons. The summed E-state index contributed by atoms with van der Waals surface area (Å²) in [5.41, 5.74) is 2.04. The lowest BCUT2D eigenvalue weighted by Crippen LogP contribution is -2.38. The standard InChI is InChI=1S/C20H30N4O3S.HI/c1-7-21-20(23-12-19-13(2)24-14(3)28-19)22-9-8-16-17(26-5)10-15(25-4)11-18(16)27-6;/h10-11H,7-9,12H2,1-6H3,(H2,21,22,23);1H. The van der Waals surface area contributed by atoms with Gasteiger partial charge in [0.2, 0.25) is 0 Å². The van der Waals surface area contributed by atoms with E-state index in [9.17, 15) is 0 Å². The summed E-state index contributed by atoms with van der Waals surface area (Å²) >= 11 is 1.69. The molecule has 7 nitrogen and oxygen atoms in total. The van der Waals surface area contributed by atoms with Crippen molar-refractivity contribution in [3.05, 3.63) is 33.3 Å². The average Bonchev–Trinajstić information content (AvgIpc) is 3.02. The van der Waals surface area contributed by atoms with Crippen LogP contribution in [0, 0.1) is 13.8 Å². The Morgan fingerprint density at radius 3 is 2.21 bits per heavy atom. The van der Waals surface area contributed by atoms with Gasteiger partial charge >= 0.3 is 0 Å². The number of aryl methyl sites for hydroxylation is 2. The number of hydrogen-bond acceptors (Lipinski definition) is 6. The van der Waals surface area contributed by atoms with Crippen LogP contribution in [-0.4, -0.2) is 45.4 Å². The first-order valence-electron chi connectivity index (χ1n) is 9.26. The number of thiazole rings is 1. The molecule has 0 saturated heterocycles. The molecule has 0 bridgehead atoms. The Morgan fingerprint density at radius 1 is 1.07 bits per heavy atom. The molecular formula is C20H31IN4O3S. The number of hydrogen-bond donors (Lipinski definition) is 2. The predicted octanol–water partition coefficient (Wildman–Crippen LogP) is 3.70. The number of aromatic nitrogens is 1. The summed E-state index contributed by atoms with van der Waals surface area (Å²) in [6.07, 6.45) is 0.722. The molecule has 1 heterocycles. The topological polar surface area (TPSA) is 77.0 Å². The summed E-state index contributed by atoms with van der Waals surface area (Å²) in [5.74, 6) is 2.97. The summed E-state index contributed by atoms with van der Waals surface area (Å²) in [6.45, 7) is 8.19. The van der Waals surface area contributed by atoms with Crippen molar-refractivity contribution in [2.75, 3.05) is 34.4 Å². The molecule has 0 aliphatic heterocycles. The molecule has 0 unspecified atom stereocenters. The van der Waals surface area contributed by atoms with Gasteiger partial charge in [-0.05, 0) is 27.2 Å². The summed E-state index contributed by atoms with van der Waals surface area (Å²) in [6, 6.07) is 3.73. The van der Waals surface area contributed by atoms with E-state index < -0.39 is 0 Å². The molecule has 1 aromatic carbocycles. The largest absolute Gasteiger partial charge is 0.496 e. The quantitative estimate of drug-likeness (QED) is 0.290. The minimum atomic E-state index is 0.